The lowest BCUT2D eigenvalue weighted by Crippen LogP contribution is -2.31. The second-order valence-electron chi connectivity index (χ2n) is 7.10. The number of hydrogen-bond donors (Lipinski definition) is 1. The molecule has 0 spiro atoms. The van der Waals surface area contributed by atoms with Gasteiger partial charge in [-0.15, -0.1) is 0 Å². The maximum absolute atomic E-state index is 12.3. The average molecular weight is 421 g/mol. The van der Waals surface area contributed by atoms with E-state index in [-0.39, 0.29) is 23.3 Å². The molecule has 2 aromatic rings. The van der Waals surface area contributed by atoms with Gasteiger partial charge in [-0.25, -0.2) is 13.1 Å². The van der Waals surface area contributed by atoms with E-state index in [1.54, 1.807) is 31.2 Å². The van der Waals surface area contributed by atoms with Crippen LogP contribution in [0.15, 0.2) is 53.4 Å². The first-order valence-corrected chi connectivity index (χ1v) is 10.8. The number of amides is 1. The Morgan fingerprint density at radius 3 is 2.17 bits per heavy atom. The van der Waals surface area contributed by atoms with Gasteiger partial charge in [0.1, 0.15) is 11.5 Å². The Morgan fingerprint density at radius 1 is 1.03 bits per heavy atom. The summed E-state index contributed by atoms with van der Waals surface area (Å²) in [6, 6.07) is 13.5. The molecule has 0 radical (unpaired) electrons. The van der Waals surface area contributed by atoms with Gasteiger partial charge in [-0.3, -0.25) is 4.79 Å². The molecule has 1 N–H and O–H groups in total. The molecule has 0 atom stereocenters. The van der Waals surface area contributed by atoms with Crippen LogP contribution in [0, 0.1) is 5.92 Å². The van der Waals surface area contributed by atoms with E-state index in [1.165, 1.54) is 12.1 Å². The molecule has 7 nitrogen and oxygen atoms in total. The van der Waals surface area contributed by atoms with E-state index in [0.717, 1.165) is 11.3 Å². The van der Waals surface area contributed by atoms with E-state index >= 15 is 0 Å². The van der Waals surface area contributed by atoms with Crippen LogP contribution in [-0.4, -0.2) is 46.5 Å². The summed E-state index contributed by atoms with van der Waals surface area (Å²) in [6.45, 7) is 4.55. The maximum atomic E-state index is 12.3. The van der Waals surface area contributed by atoms with Gasteiger partial charge < -0.3 is 14.4 Å². The summed E-state index contributed by atoms with van der Waals surface area (Å²) in [5.74, 6) is 1.22. The van der Waals surface area contributed by atoms with E-state index in [4.69, 9.17) is 9.47 Å². The second-order valence-corrected chi connectivity index (χ2v) is 8.87. The fourth-order valence-corrected chi connectivity index (χ4v) is 3.64. The molecule has 0 aromatic heterocycles. The number of carbonyl (C=O) groups excluding carboxylic acids is 1. The fraction of sp³-hybridized carbons (Fsp3) is 0.381. The number of likely N-dealkylation sites (N-methyl/N-ethyl adjacent to an activating group) is 1. The molecule has 0 bridgehead atoms. The molecule has 0 aliphatic rings. The van der Waals surface area contributed by atoms with Gasteiger partial charge in [0.15, 0.2) is 6.61 Å². The van der Waals surface area contributed by atoms with Crippen molar-refractivity contribution in [2.24, 2.45) is 5.92 Å². The summed E-state index contributed by atoms with van der Waals surface area (Å²) in [7, 11) is -0.242. The number of nitrogens with zero attached hydrogens (tertiary/aromatic N) is 1. The van der Waals surface area contributed by atoms with Crippen molar-refractivity contribution in [2.45, 2.75) is 25.3 Å². The van der Waals surface area contributed by atoms with Crippen LogP contribution in [0.5, 0.6) is 11.5 Å². The average Bonchev–Trinajstić information content (AvgIpc) is 2.71. The smallest absolute Gasteiger partial charge is 0.260 e. The maximum Gasteiger partial charge on any atom is 0.260 e. The highest BCUT2D eigenvalue weighted by atomic mass is 32.2. The van der Waals surface area contributed by atoms with Gasteiger partial charge in [0, 0.05) is 20.1 Å². The molecule has 2 rings (SSSR count). The highest BCUT2D eigenvalue weighted by molar-refractivity contribution is 7.89. The van der Waals surface area contributed by atoms with Crippen molar-refractivity contribution in [1.82, 2.24) is 9.62 Å². The summed E-state index contributed by atoms with van der Waals surface area (Å²) in [4.78, 5) is 14.0. The van der Waals surface area contributed by atoms with E-state index in [2.05, 4.69) is 4.72 Å². The van der Waals surface area contributed by atoms with Crippen molar-refractivity contribution >= 4 is 15.9 Å². The number of rotatable bonds is 10. The zero-order chi connectivity index (χ0) is 21.4. The Labute approximate surface area is 172 Å². The van der Waals surface area contributed by atoms with Gasteiger partial charge >= 0.3 is 0 Å². The molecule has 2 aromatic carbocycles. The first-order valence-electron chi connectivity index (χ1n) is 9.30. The van der Waals surface area contributed by atoms with Crippen molar-refractivity contribution in [3.05, 3.63) is 54.1 Å². The molecule has 0 heterocycles. The van der Waals surface area contributed by atoms with Crippen LogP contribution in [-0.2, 0) is 21.4 Å². The minimum Gasteiger partial charge on any atom is -0.497 e. The van der Waals surface area contributed by atoms with Crippen molar-refractivity contribution in [2.75, 3.05) is 27.3 Å². The molecule has 1 amide bonds. The number of nitrogens with one attached hydrogen (secondary N) is 1. The molecule has 0 fully saturated rings. The third-order valence-electron chi connectivity index (χ3n) is 4.18. The van der Waals surface area contributed by atoms with Crippen LogP contribution >= 0.6 is 0 Å². The Bertz CT molecular complexity index is 894. The number of ether oxygens (including phenoxy) is 2. The van der Waals surface area contributed by atoms with E-state index < -0.39 is 10.0 Å². The third-order valence-corrected chi connectivity index (χ3v) is 5.62. The zero-order valence-electron chi connectivity index (χ0n) is 17.2. The minimum absolute atomic E-state index is 0.135. The Morgan fingerprint density at radius 2 is 1.62 bits per heavy atom. The van der Waals surface area contributed by atoms with E-state index in [1.807, 2.05) is 38.1 Å². The first-order chi connectivity index (χ1) is 13.7. The van der Waals surface area contributed by atoms with Crippen molar-refractivity contribution in [3.63, 3.8) is 0 Å². The van der Waals surface area contributed by atoms with Gasteiger partial charge in [0.05, 0.1) is 12.0 Å². The largest absolute Gasteiger partial charge is 0.497 e. The van der Waals surface area contributed by atoms with Gasteiger partial charge in [0.2, 0.25) is 10.0 Å². The lowest BCUT2D eigenvalue weighted by atomic mass is 10.2. The van der Waals surface area contributed by atoms with E-state index in [9.17, 15) is 13.2 Å². The molecule has 0 saturated carbocycles. The minimum atomic E-state index is -3.55. The number of methoxy groups -OCH3 is 1. The number of hydrogen-bond acceptors (Lipinski definition) is 5. The Balaban J connectivity index is 1.87. The zero-order valence-corrected chi connectivity index (χ0v) is 18.0. The summed E-state index contributed by atoms with van der Waals surface area (Å²) in [5.41, 5.74) is 0.977. The van der Waals surface area contributed by atoms with Crippen LogP contribution in [0.25, 0.3) is 0 Å². The fourth-order valence-electron chi connectivity index (χ4n) is 2.42. The predicted octanol–water partition coefficient (Wildman–Crippen LogP) is 2.67. The quantitative estimate of drug-likeness (QED) is 0.639. The molecule has 8 heteroatoms. The van der Waals surface area contributed by atoms with Crippen LogP contribution in [0.3, 0.4) is 0 Å². The van der Waals surface area contributed by atoms with Crippen LogP contribution in [0.4, 0.5) is 0 Å². The van der Waals surface area contributed by atoms with Crippen LogP contribution < -0.4 is 14.2 Å². The molecule has 158 valence electrons. The van der Waals surface area contributed by atoms with Crippen molar-refractivity contribution in [1.29, 1.82) is 0 Å². The van der Waals surface area contributed by atoms with Gasteiger partial charge in [-0.1, -0.05) is 26.0 Å². The lowest BCUT2D eigenvalue weighted by Gasteiger charge is -2.18. The molecular formula is C21H28N2O5S. The Hall–Kier alpha value is -2.58. The molecule has 29 heavy (non-hydrogen) atoms. The monoisotopic (exact) mass is 420 g/mol. The van der Waals surface area contributed by atoms with Gasteiger partial charge in [0.25, 0.3) is 5.91 Å². The lowest BCUT2D eigenvalue weighted by molar-refractivity contribution is -0.132. The van der Waals surface area contributed by atoms with Gasteiger partial charge in [-0.05, 0) is 47.9 Å². The second kappa shape index (κ2) is 10.3. The summed E-state index contributed by atoms with van der Waals surface area (Å²) >= 11 is 0. The molecular weight excluding hydrogens is 392 g/mol. The number of carbonyl (C=O) groups is 1. The SMILES string of the molecule is COc1ccc(CN(C)C(=O)COc2ccc(S(=O)(=O)NCC(C)C)cc2)cc1. The summed E-state index contributed by atoms with van der Waals surface area (Å²) in [6.07, 6.45) is 0. The van der Waals surface area contributed by atoms with Gasteiger partial charge in [-0.2, -0.15) is 0 Å². The van der Waals surface area contributed by atoms with Crippen molar-refractivity contribution < 1.29 is 22.7 Å². The molecule has 0 aliphatic carbocycles. The standard InChI is InChI=1S/C21H28N2O5S/c1-16(2)13-22-29(25,26)20-11-9-19(10-12-20)28-15-21(24)23(3)14-17-5-7-18(27-4)8-6-17/h5-12,16,22H,13-15H2,1-4H3. The highest BCUT2D eigenvalue weighted by Crippen LogP contribution is 2.17. The highest BCUT2D eigenvalue weighted by Gasteiger charge is 2.15. The Kier molecular flexibility index (Phi) is 8.04. The molecule has 0 unspecified atom stereocenters. The van der Waals surface area contributed by atoms with Crippen LogP contribution in [0.2, 0.25) is 0 Å². The number of benzene rings is 2. The third kappa shape index (κ3) is 7.07. The molecule has 0 aliphatic heterocycles. The molecule has 0 saturated heterocycles. The predicted molar refractivity (Wildman–Crippen MR) is 111 cm³/mol. The van der Waals surface area contributed by atoms with E-state index in [0.29, 0.717) is 18.8 Å². The first kappa shape index (κ1) is 22.7. The summed E-state index contributed by atoms with van der Waals surface area (Å²) in [5, 5.41) is 0. The topological polar surface area (TPSA) is 84.9 Å². The normalized spacial score (nSPS) is 11.3. The van der Waals surface area contributed by atoms with Crippen molar-refractivity contribution in [3.8, 4) is 11.5 Å². The summed E-state index contributed by atoms with van der Waals surface area (Å²) < 4.78 is 37.6. The van der Waals surface area contributed by atoms with Crippen LogP contribution in [0.1, 0.15) is 19.4 Å². The number of sulfonamides is 1.